The van der Waals surface area contributed by atoms with Crippen LogP contribution in [-0.4, -0.2) is 34.8 Å². The molecule has 1 heterocycles. The van der Waals surface area contributed by atoms with E-state index < -0.39 is 10.0 Å². The Morgan fingerprint density at radius 1 is 1.40 bits per heavy atom. The Hall–Kier alpha value is -1.60. The lowest BCUT2D eigenvalue weighted by atomic mass is 10.3. The molecule has 1 aromatic heterocycles. The molecule has 0 aliphatic rings. The van der Waals surface area contributed by atoms with Crippen molar-refractivity contribution < 1.29 is 8.42 Å². The maximum atomic E-state index is 12.1. The molecule has 2 aromatic rings. The van der Waals surface area contributed by atoms with Gasteiger partial charge in [-0.3, -0.25) is 4.72 Å². The molecule has 0 amide bonds. The van der Waals surface area contributed by atoms with Gasteiger partial charge < -0.3 is 0 Å². The first kappa shape index (κ1) is 14.8. The number of sulfonamides is 1. The highest BCUT2D eigenvalue weighted by molar-refractivity contribution is 7.92. The SMILES string of the molecule is CC(CCl)CS(=O)(=O)Nc1ccccc1-n1cncn1. The van der Waals surface area contributed by atoms with E-state index in [1.54, 1.807) is 31.2 Å². The fourth-order valence-electron chi connectivity index (χ4n) is 1.72. The number of alkyl halides is 1. The van der Waals surface area contributed by atoms with Gasteiger partial charge in [-0.1, -0.05) is 19.1 Å². The van der Waals surface area contributed by atoms with Crippen LogP contribution in [0.1, 0.15) is 6.92 Å². The number of nitrogens with one attached hydrogen (secondary N) is 1. The predicted molar refractivity (Wildman–Crippen MR) is 78.7 cm³/mol. The third kappa shape index (κ3) is 3.71. The van der Waals surface area contributed by atoms with Gasteiger partial charge in [0.25, 0.3) is 0 Å². The fourth-order valence-corrected chi connectivity index (χ4v) is 3.42. The molecule has 20 heavy (non-hydrogen) atoms. The summed E-state index contributed by atoms with van der Waals surface area (Å²) >= 11 is 5.66. The number of hydrogen-bond acceptors (Lipinski definition) is 4. The Morgan fingerprint density at radius 3 is 2.80 bits per heavy atom. The van der Waals surface area contributed by atoms with Crippen molar-refractivity contribution in [2.45, 2.75) is 6.92 Å². The third-order valence-electron chi connectivity index (χ3n) is 2.60. The minimum absolute atomic E-state index is 0.0256. The van der Waals surface area contributed by atoms with Crippen molar-refractivity contribution in [1.82, 2.24) is 14.8 Å². The van der Waals surface area contributed by atoms with E-state index >= 15 is 0 Å². The largest absolute Gasteiger partial charge is 0.281 e. The molecule has 1 aromatic carbocycles. The number of nitrogens with zero attached hydrogens (tertiary/aromatic N) is 3. The standard InChI is InChI=1S/C12H15ClN4O2S/c1-10(6-13)7-20(18,19)16-11-4-2-3-5-12(11)17-9-14-8-15-17/h2-5,8-10,16H,6-7H2,1H3. The number of benzene rings is 1. The minimum Gasteiger partial charge on any atom is -0.281 e. The van der Waals surface area contributed by atoms with Crippen molar-refractivity contribution >= 4 is 27.3 Å². The Kier molecular flexibility index (Phi) is 4.61. The van der Waals surface area contributed by atoms with Gasteiger partial charge in [0.05, 0.1) is 17.1 Å². The number of anilines is 1. The second-order valence-electron chi connectivity index (χ2n) is 4.50. The molecule has 1 unspecified atom stereocenters. The Morgan fingerprint density at radius 2 is 2.15 bits per heavy atom. The first-order chi connectivity index (χ1) is 9.52. The Labute approximate surface area is 122 Å². The van der Waals surface area contributed by atoms with Gasteiger partial charge in [-0.15, -0.1) is 11.6 Å². The molecular weight excluding hydrogens is 300 g/mol. The van der Waals surface area contributed by atoms with Crippen molar-refractivity contribution in [2.24, 2.45) is 5.92 Å². The highest BCUT2D eigenvalue weighted by Crippen LogP contribution is 2.20. The first-order valence-electron chi connectivity index (χ1n) is 6.02. The van der Waals surface area contributed by atoms with Gasteiger partial charge in [-0.05, 0) is 18.1 Å². The maximum absolute atomic E-state index is 12.1. The summed E-state index contributed by atoms with van der Waals surface area (Å²) in [7, 11) is -3.46. The number of aromatic nitrogens is 3. The first-order valence-corrected chi connectivity index (χ1v) is 8.21. The molecule has 0 bridgehead atoms. The summed E-state index contributed by atoms with van der Waals surface area (Å²) in [5.74, 6) is 0.154. The average Bonchev–Trinajstić information content (AvgIpc) is 2.92. The van der Waals surface area contributed by atoms with Gasteiger partial charge in [0.1, 0.15) is 12.7 Å². The minimum atomic E-state index is -3.46. The topological polar surface area (TPSA) is 76.9 Å². The summed E-state index contributed by atoms with van der Waals surface area (Å²) in [6, 6.07) is 7.00. The van der Waals surface area contributed by atoms with Gasteiger partial charge in [0.2, 0.25) is 10.0 Å². The molecule has 0 fully saturated rings. The van der Waals surface area contributed by atoms with Crippen LogP contribution in [0.4, 0.5) is 5.69 Å². The Balaban J connectivity index is 2.26. The average molecular weight is 315 g/mol. The van der Waals surface area contributed by atoms with E-state index in [0.29, 0.717) is 17.3 Å². The zero-order valence-electron chi connectivity index (χ0n) is 10.9. The lowest BCUT2D eigenvalue weighted by molar-refractivity contribution is 0.588. The van der Waals surface area contributed by atoms with Gasteiger partial charge >= 0.3 is 0 Å². The van der Waals surface area contributed by atoms with Crippen molar-refractivity contribution in [1.29, 1.82) is 0 Å². The normalized spacial score (nSPS) is 13.1. The molecule has 0 saturated heterocycles. The molecule has 8 heteroatoms. The van der Waals surface area contributed by atoms with Gasteiger partial charge in [-0.2, -0.15) is 5.10 Å². The van der Waals surface area contributed by atoms with Crippen LogP contribution >= 0.6 is 11.6 Å². The van der Waals surface area contributed by atoms with Crippen LogP contribution in [-0.2, 0) is 10.0 Å². The lowest BCUT2D eigenvalue weighted by Gasteiger charge is -2.14. The van der Waals surface area contributed by atoms with E-state index in [1.165, 1.54) is 17.3 Å². The van der Waals surface area contributed by atoms with Crippen LogP contribution in [0.5, 0.6) is 0 Å². The highest BCUT2D eigenvalue weighted by Gasteiger charge is 2.17. The van der Waals surface area contributed by atoms with Gasteiger partial charge in [-0.25, -0.2) is 18.1 Å². The summed E-state index contributed by atoms with van der Waals surface area (Å²) in [4.78, 5) is 3.85. The van der Waals surface area contributed by atoms with Crippen LogP contribution in [0.25, 0.3) is 5.69 Å². The Bertz CT molecular complexity index is 658. The number of rotatable bonds is 6. The molecule has 0 radical (unpaired) electrons. The van der Waals surface area contributed by atoms with Crippen molar-refractivity contribution in [3.63, 3.8) is 0 Å². The van der Waals surface area contributed by atoms with Crippen molar-refractivity contribution in [3.05, 3.63) is 36.9 Å². The molecule has 1 atom stereocenters. The maximum Gasteiger partial charge on any atom is 0.233 e. The monoisotopic (exact) mass is 314 g/mol. The smallest absolute Gasteiger partial charge is 0.233 e. The van der Waals surface area contributed by atoms with Crippen LogP contribution in [0.15, 0.2) is 36.9 Å². The number of para-hydroxylation sites is 2. The highest BCUT2D eigenvalue weighted by atomic mass is 35.5. The summed E-state index contributed by atoms with van der Waals surface area (Å²) in [5, 5.41) is 4.00. The van der Waals surface area contributed by atoms with Gasteiger partial charge in [0, 0.05) is 5.88 Å². The van der Waals surface area contributed by atoms with E-state index in [4.69, 9.17) is 11.6 Å². The molecule has 108 valence electrons. The van der Waals surface area contributed by atoms with Crippen LogP contribution in [0, 0.1) is 5.92 Å². The molecule has 0 saturated carbocycles. The van der Waals surface area contributed by atoms with E-state index in [2.05, 4.69) is 14.8 Å². The van der Waals surface area contributed by atoms with Gasteiger partial charge in [0.15, 0.2) is 0 Å². The molecule has 0 spiro atoms. The van der Waals surface area contributed by atoms with E-state index in [0.717, 1.165) is 0 Å². The lowest BCUT2D eigenvalue weighted by Crippen LogP contribution is -2.22. The molecule has 6 nitrogen and oxygen atoms in total. The number of halogens is 1. The summed E-state index contributed by atoms with van der Waals surface area (Å²) in [6.45, 7) is 1.79. The molecule has 0 aliphatic heterocycles. The molecule has 1 N–H and O–H groups in total. The van der Waals surface area contributed by atoms with Crippen LogP contribution in [0.3, 0.4) is 0 Å². The zero-order chi connectivity index (χ0) is 14.6. The van der Waals surface area contributed by atoms with Crippen LogP contribution in [0.2, 0.25) is 0 Å². The summed E-state index contributed by atoms with van der Waals surface area (Å²) in [5.41, 5.74) is 1.08. The third-order valence-corrected chi connectivity index (χ3v) is 4.67. The van der Waals surface area contributed by atoms with Crippen LogP contribution < -0.4 is 4.72 Å². The number of hydrogen-bond donors (Lipinski definition) is 1. The van der Waals surface area contributed by atoms with Crippen molar-refractivity contribution in [3.8, 4) is 5.69 Å². The van der Waals surface area contributed by atoms with E-state index in [1.807, 2.05) is 0 Å². The van der Waals surface area contributed by atoms with Crippen molar-refractivity contribution in [2.75, 3.05) is 16.4 Å². The molecular formula is C12H15ClN4O2S. The quantitative estimate of drug-likeness (QED) is 0.826. The fraction of sp³-hybridized carbons (Fsp3) is 0.333. The summed E-state index contributed by atoms with van der Waals surface area (Å²) in [6.07, 6.45) is 2.90. The zero-order valence-corrected chi connectivity index (χ0v) is 12.5. The molecule has 0 aliphatic carbocycles. The second-order valence-corrected chi connectivity index (χ2v) is 6.58. The predicted octanol–water partition coefficient (Wildman–Crippen LogP) is 1.88. The second kappa shape index (κ2) is 6.23. The summed E-state index contributed by atoms with van der Waals surface area (Å²) < 4.78 is 28.2. The van der Waals surface area contributed by atoms with E-state index in [9.17, 15) is 8.42 Å². The van der Waals surface area contributed by atoms with E-state index in [-0.39, 0.29) is 11.7 Å². The molecule has 2 rings (SSSR count).